The summed E-state index contributed by atoms with van der Waals surface area (Å²) in [5.41, 5.74) is 0.247. The molecule has 3 aromatic rings. The van der Waals surface area contributed by atoms with Crippen LogP contribution in [0, 0.1) is 29.1 Å². The Bertz CT molecular complexity index is 1080. The van der Waals surface area contributed by atoms with Crippen LogP contribution in [0.5, 0.6) is 23.1 Å². The molecule has 31 heavy (non-hydrogen) atoms. The van der Waals surface area contributed by atoms with Crippen LogP contribution in [-0.4, -0.2) is 49.2 Å². The van der Waals surface area contributed by atoms with Crippen LogP contribution in [0.1, 0.15) is 6.42 Å². The smallest absolute Gasteiger partial charge is 0.230 e. The fraction of sp³-hybridized carbons (Fsp3) is 0.300. The van der Waals surface area contributed by atoms with Crippen molar-refractivity contribution in [2.75, 3.05) is 34.4 Å². The second-order valence-electron chi connectivity index (χ2n) is 6.71. The molecule has 0 amide bonds. The maximum Gasteiger partial charge on any atom is 0.230 e. The molecule has 6 nitrogen and oxygen atoms in total. The van der Waals surface area contributed by atoms with Gasteiger partial charge in [0.15, 0.2) is 11.5 Å². The van der Waals surface area contributed by atoms with Gasteiger partial charge in [-0.25, -0.2) is 23.1 Å². The van der Waals surface area contributed by atoms with Crippen molar-refractivity contribution in [1.29, 1.82) is 0 Å². The summed E-state index contributed by atoms with van der Waals surface area (Å²) >= 11 is 0. The Hall–Kier alpha value is -3.21. The Balaban J connectivity index is 1.98. The largest absolute Gasteiger partial charge is 0.493 e. The number of halogens is 5. The summed E-state index contributed by atoms with van der Waals surface area (Å²) in [6.45, 7) is 1.19. The molecular weight excluding hydrogens is 425 g/mol. The van der Waals surface area contributed by atoms with Gasteiger partial charge in [-0.3, -0.25) is 0 Å². The zero-order chi connectivity index (χ0) is 22.7. The van der Waals surface area contributed by atoms with Gasteiger partial charge < -0.3 is 19.1 Å². The number of hydrogen-bond donors (Lipinski definition) is 0. The molecular formula is C20H18F5N3O3. The summed E-state index contributed by atoms with van der Waals surface area (Å²) in [6, 6.07) is 2.88. The Morgan fingerprint density at radius 2 is 1.52 bits per heavy atom. The number of fused-ring (bicyclic) bond motifs is 1. The second-order valence-corrected chi connectivity index (χ2v) is 6.71. The number of ether oxygens (including phenoxy) is 3. The number of hydrogen-bond acceptors (Lipinski definition) is 6. The molecule has 0 aliphatic carbocycles. The van der Waals surface area contributed by atoms with Crippen molar-refractivity contribution in [2.45, 2.75) is 6.42 Å². The van der Waals surface area contributed by atoms with E-state index in [0.717, 1.165) is 19.3 Å². The van der Waals surface area contributed by atoms with E-state index in [2.05, 4.69) is 9.97 Å². The van der Waals surface area contributed by atoms with Crippen LogP contribution in [0.15, 0.2) is 18.5 Å². The van der Waals surface area contributed by atoms with Gasteiger partial charge in [0, 0.05) is 12.6 Å². The standard InChI is InChI=1S/C20H18F5N3O3/c1-28(2)5-4-6-30-13-8-11-10(7-12(13)29-3)20(27-9-26-11)31-19-17(24)15(22)14(21)16(23)18(19)25/h7-9H,4-6H2,1-3H3. The SMILES string of the molecule is COc1cc2c(Oc3c(F)c(F)c(F)c(F)c3F)ncnc2cc1OCCCN(C)C. The highest BCUT2D eigenvalue weighted by molar-refractivity contribution is 5.87. The zero-order valence-corrected chi connectivity index (χ0v) is 16.8. The molecule has 0 atom stereocenters. The average Bonchev–Trinajstić information content (AvgIpc) is 2.76. The first-order valence-electron chi connectivity index (χ1n) is 9.04. The monoisotopic (exact) mass is 443 g/mol. The third-order valence-electron chi connectivity index (χ3n) is 4.26. The predicted octanol–water partition coefficient (Wildman–Crippen LogP) is 4.46. The van der Waals surface area contributed by atoms with E-state index in [9.17, 15) is 22.0 Å². The van der Waals surface area contributed by atoms with E-state index in [1.54, 1.807) is 0 Å². The van der Waals surface area contributed by atoms with Crippen molar-refractivity contribution >= 4 is 10.9 Å². The lowest BCUT2D eigenvalue weighted by Gasteiger charge is -2.15. The first-order valence-corrected chi connectivity index (χ1v) is 9.04. The number of rotatable bonds is 8. The van der Waals surface area contributed by atoms with Crippen molar-refractivity contribution in [1.82, 2.24) is 14.9 Å². The van der Waals surface area contributed by atoms with Gasteiger partial charge in [-0.15, -0.1) is 0 Å². The molecule has 166 valence electrons. The molecule has 0 aliphatic rings. The molecule has 0 saturated heterocycles. The van der Waals surface area contributed by atoms with E-state index in [0.29, 0.717) is 12.4 Å². The van der Waals surface area contributed by atoms with Crippen LogP contribution < -0.4 is 14.2 Å². The Morgan fingerprint density at radius 1 is 0.871 bits per heavy atom. The number of aromatic nitrogens is 2. The molecule has 1 aromatic heterocycles. The molecule has 11 heteroatoms. The maximum atomic E-state index is 14.0. The van der Waals surface area contributed by atoms with Gasteiger partial charge in [0.05, 0.1) is 24.6 Å². The summed E-state index contributed by atoms with van der Waals surface area (Å²) in [6.07, 6.45) is 1.76. The summed E-state index contributed by atoms with van der Waals surface area (Å²) in [7, 11) is 5.24. The third kappa shape index (κ3) is 4.61. The number of nitrogens with zero attached hydrogens (tertiary/aromatic N) is 3. The predicted molar refractivity (Wildman–Crippen MR) is 101 cm³/mol. The van der Waals surface area contributed by atoms with Gasteiger partial charge >= 0.3 is 0 Å². The quantitative estimate of drug-likeness (QED) is 0.222. The topological polar surface area (TPSA) is 56.7 Å². The van der Waals surface area contributed by atoms with Gasteiger partial charge in [-0.1, -0.05) is 0 Å². The van der Waals surface area contributed by atoms with Gasteiger partial charge in [0.2, 0.25) is 40.7 Å². The Morgan fingerprint density at radius 3 is 2.13 bits per heavy atom. The highest BCUT2D eigenvalue weighted by Gasteiger charge is 2.28. The summed E-state index contributed by atoms with van der Waals surface area (Å²) < 4.78 is 84.2. The highest BCUT2D eigenvalue weighted by atomic mass is 19.2. The number of benzene rings is 2. The molecule has 0 aliphatic heterocycles. The molecule has 2 aromatic carbocycles. The summed E-state index contributed by atoms with van der Waals surface area (Å²) in [4.78, 5) is 9.80. The molecule has 3 rings (SSSR count). The van der Waals surface area contributed by atoms with Crippen LogP contribution in [0.4, 0.5) is 22.0 Å². The minimum Gasteiger partial charge on any atom is -0.493 e. The molecule has 1 heterocycles. The van der Waals surface area contributed by atoms with Crippen LogP contribution in [-0.2, 0) is 0 Å². The lowest BCUT2D eigenvalue weighted by atomic mass is 10.2. The first kappa shape index (κ1) is 22.5. The van der Waals surface area contributed by atoms with Crippen LogP contribution in [0.3, 0.4) is 0 Å². The Labute approximate surface area is 174 Å². The maximum absolute atomic E-state index is 14.0. The van der Waals surface area contributed by atoms with Crippen LogP contribution in [0.2, 0.25) is 0 Å². The van der Waals surface area contributed by atoms with Crippen molar-refractivity contribution < 1.29 is 36.2 Å². The first-order chi connectivity index (χ1) is 14.7. The highest BCUT2D eigenvalue weighted by Crippen LogP contribution is 2.38. The van der Waals surface area contributed by atoms with Gasteiger partial charge in [0.25, 0.3) is 0 Å². The van der Waals surface area contributed by atoms with Crippen LogP contribution in [0.25, 0.3) is 10.9 Å². The summed E-state index contributed by atoms with van der Waals surface area (Å²) in [5.74, 6) is -12.1. The average molecular weight is 443 g/mol. The minimum atomic E-state index is -2.28. The molecule has 0 saturated carbocycles. The van der Waals surface area contributed by atoms with Gasteiger partial charge in [-0.05, 0) is 26.6 Å². The lowest BCUT2D eigenvalue weighted by molar-refractivity contribution is 0.268. The normalized spacial score (nSPS) is 11.3. The van der Waals surface area contributed by atoms with Crippen LogP contribution >= 0.6 is 0 Å². The molecule has 0 bridgehead atoms. The summed E-state index contributed by atoms with van der Waals surface area (Å²) in [5, 5.41) is 0.115. The molecule has 0 N–H and O–H groups in total. The van der Waals surface area contributed by atoms with Crippen molar-refractivity contribution in [3.05, 3.63) is 47.5 Å². The van der Waals surface area contributed by atoms with E-state index in [1.807, 2.05) is 19.0 Å². The fourth-order valence-electron chi connectivity index (χ4n) is 2.73. The van der Waals surface area contributed by atoms with Crippen molar-refractivity contribution in [3.63, 3.8) is 0 Å². The molecule has 0 radical (unpaired) electrons. The van der Waals surface area contributed by atoms with Crippen molar-refractivity contribution in [2.24, 2.45) is 0 Å². The van der Waals surface area contributed by atoms with Gasteiger partial charge in [0.1, 0.15) is 6.33 Å². The minimum absolute atomic E-state index is 0.115. The molecule has 0 fully saturated rings. The van der Waals surface area contributed by atoms with Crippen molar-refractivity contribution in [3.8, 4) is 23.1 Å². The van der Waals surface area contributed by atoms with Gasteiger partial charge in [-0.2, -0.15) is 8.78 Å². The molecule has 0 spiro atoms. The zero-order valence-electron chi connectivity index (χ0n) is 16.8. The Kier molecular flexibility index (Phi) is 6.74. The second kappa shape index (κ2) is 9.29. The van der Waals surface area contributed by atoms with E-state index < -0.39 is 40.7 Å². The van der Waals surface area contributed by atoms with E-state index in [1.165, 1.54) is 19.2 Å². The lowest BCUT2D eigenvalue weighted by Crippen LogP contribution is -2.15. The third-order valence-corrected chi connectivity index (χ3v) is 4.26. The number of methoxy groups -OCH3 is 1. The van der Waals surface area contributed by atoms with E-state index in [4.69, 9.17) is 14.2 Å². The van der Waals surface area contributed by atoms with E-state index in [-0.39, 0.29) is 16.7 Å². The fourth-order valence-corrected chi connectivity index (χ4v) is 2.73. The van der Waals surface area contributed by atoms with E-state index >= 15 is 0 Å². The molecule has 0 unspecified atom stereocenters.